The van der Waals surface area contributed by atoms with E-state index in [0.717, 1.165) is 16.7 Å². The SMILES string of the molecule is CCNc1nc(N)n(-c2ccc(Br)cc2)n1. The van der Waals surface area contributed by atoms with Crippen LogP contribution in [0, 0.1) is 0 Å². The van der Waals surface area contributed by atoms with Gasteiger partial charge in [0.25, 0.3) is 0 Å². The van der Waals surface area contributed by atoms with Crippen LogP contribution < -0.4 is 11.1 Å². The van der Waals surface area contributed by atoms with Gasteiger partial charge in [0, 0.05) is 11.0 Å². The van der Waals surface area contributed by atoms with Gasteiger partial charge >= 0.3 is 0 Å². The normalized spacial score (nSPS) is 10.4. The van der Waals surface area contributed by atoms with Crippen LogP contribution >= 0.6 is 15.9 Å². The van der Waals surface area contributed by atoms with Crippen LogP contribution in [0.2, 0.25) is 0 Å². The van der Waals surface area contributed by atoms with E-state index in [9.17, 15) is 0 Å². The minimum atomic E-state index is 0.373. The van der Waals surface area contributed by atoms with E-state index in [2.05, 4.69) is 31.3 Å². The number of hydrogen-bond acceptors (Lipinski definition) is 4. The van der Waals surface area contributed by atoms with Gasteiger partial charge in [-0.2, -0.15) is 9.67 Å². The Bertz CT molecular complexity index is 476. The van der Waals surface area contributed by atoms with Crippen LogP contribution in [0.15, 0.2) is 28.7 Å². The summed E-state index contributed by atoms with van der Waals surface area (Å²) >= 11 is 3.38. The molecule has 84 valence electrons. The highest BCUT2D eigenvalue weighted by Gasteiger charge is 2.07. The molecule has 16 heavy (non-hydrogen) atoms. The average Bonchev–Trinajstić information content (AvgIpc) is 2.61. The molecular formula is C10H12BrN5. The van der Waals surface area contributed by atoms with Crippen molar-refractivity contribution < 1.29 is 0 Å². The van der Waals surface area contributed by atoms with Crippen molar-refractivity contribution in [2.45, 2.75) is 6.92 Å². The second-order valence-electron chi connectivity index (χ2n) is 3.21. The maximum atomic E-state index is 5.78. The van der Waals surface area contributed by atoms with Gasteiger partial charge in [0.1, 0.15) is 0 Å². The van der Waals surface area contributed by atoms with Crippen molar-refractivity contribution in [3.63, 3.8) is 0 Å². The fourth-order valence-electron chi connectivity index (χ4n) is 1.33. The lowest BCUT2D eigenvalue weighted by Gasteiger charge is -2.01. The zero-order chi connectivity index (χ0) is 11.5. The van der Waals surface area contributed by atoms with Gasteiger partial charge in [0.2, 0.25) is 11.9 Å². The smallest absolute Gasteiger partial charge is 0.244 e. The maximum absolute atomic E-state index is 5.78. The monoisotopic (exact) mass is 281 g/mol. The number of anilines is 2. The van der Waals surface area contributed by atoms with Gasteiger partial charge in [-0.3, -0.25) is 0 Å². The second kappa shape index (κ2) is 4.52. The topological polar surface area (TPSA) is 68.8 Å². The summed E-state index contributed by atoms with van der Waals surface area (Å²) in [4.78, 5) is 4.11. The first-order valence-electron chi connectivity index (χ1n) is 4.93. The second-order valence-corrected chi connectivity index (χ2v) is 4.13. The maximum Gasteiger partial charge on any atom is 0.244 e. The largest absolute Gasteiger partial charge is 0.368 e. The summed E-state index contributed by atoms with van der Waals surface area (Å²) in [6, 6.07) is 7.71. The van der Waals surface area contributed by atoms with Crippen LogP contribution in [0.5, 0.6) is 0 Å². The van der Waals surface area contributed by atoms with E-state index in [4.69, 9.17) is 5.73 Å². The van der Waals surface area contributed by atoms with Crippen LogP contribution in [-0.4, -0.2) is 21.3 Å². The van der Waals surface area contributed by atoms with Crippen molar-refractivity contribution in [1.29, 1.82) is 0 Å². The summed E-state index contributed by atoms with van der Waals surface area (Å²) in [5.41, 5.74) is 6.67. The summed E-state index contributed by atoms with van der Waals surface area (Å²) < 4.78 is 2.62. The molecule has 3 N–H and O–H groups in total. The van der Waals surface area contributed by atoms with Crippen molar-refractivity contribution in [3.05, 3.63) is 28.7 Å². The third-order valence-corrected chi connectivity index (χ3v) is 2.57. The summed E-state index contributed by atoms with van der Waals surface area (Å²) in [5.74, 6) is 0.918. The fraction of sp³-hybridized carbons (Fsp3) is 0.200. The molecule has 2 aromatic rings. The molecule has 0 aliphatic rings. The van der Waals surface area contributed by atoms with Crippen molar-refractivity contribution in [3.8, 4) is 5.69 Å². The number of rotatable bonds is 3. The zero-order valence-corrected chi connectivity index (χ0v) is 10.4. The standard InChI is InChI=1S/C10H12BrN5/c1-2-13-10-14-9(12)16(15-10)8-5-3-7(11)4-6-8/h3-6H,2H2,1H3,(H3,12,13,14,15). The molecule has 1 aromatic heterocycles. The van der Waals surface area contributed by atoms with Gasteiger partial charge in [0.15, 0.2) is 0 Å². The highest BCUT2D eigenvalue weighted by molar-refractivity contribution is 9.10. The molecule has 0 saturated carbocycles. The van der Waals surface area contributed by atoms with Gasteiger partial charge in [-0.25, -0.2) is 0 Å². The third-order valence-electron chi connectivity index (χ3n) is 2.04. The molecule has 0 bridgehead atoms. The van der Waals surface area contributed by atoms with E-state index in [-0.39, 0.29) is 0 Å². The molecule has 0 aliphatic carbocycles. The summed E-state index contributed by atoms with van der Waals surface area (Å²) in [5, 5.41) is 7.27. The molecule has 0 saturated heterocycles. The van der Waals surface area contributed by atoms with Crippen LogP contribution in [0.3, 0.4) is 0 Å². The van der Waals surface area contributed by atoms with Crippen molar-refractivity contribution in [1.82, 2.24) is 14.8 Å². The number of aromatic nitrogens is 3. The third kappa shape index (κ3) is 2.16. The number of halogens is 1. The van der Waals surface area contributed by atoms with Crippen LogP contribution in [0.25, 0.3) is 5.69 Å². The summed E-state index contributed by atoms with van der Waals surface area (Å²) in [6.45, 7) is 2.75. The Labute approximate surface area is 102 Å². The Morgan fingerprint density at radius 2 is 2.06 bits per heavy atom. The van der Waals surface area contributed by atoms with Crippen molar-refractivity contribution >= 4 is 27.8 Å². The Morgan fingerprint density at radius 1 is 1.38 bits per heavy atom. The van der Waals surface area contributed by atoms with Gasteiger partial charge in [-0.1, -0.05) is 15.9 Å². The van der Waals surface area contributed by atoms with Crippen LogP contribution in [0.4, 0.5) is 11.9 Å². The lowest BCUT2D eigenvalue weighted by molar-refractivity contribution is 0.889. The van der Waals surface area contributed by atoms with E-state index in [1.165, 1.54) is 0 Å². The molecule has 0 radical (unpaired) electrons. The molecule has 0 spiro atoms. The zero-order valence-electron chi connectivity index (χ0n) is 8.81. The van der Waals surface area contributed by atoms with Gasteiger partial charge in [-0.05, 0) is 31.2 Å². The lowest BCUT2D eigenvalue weighted by Crippen LogP contribution is -2.02. The van der Waals surface area contributed by atoms with Crippen molar-refractivity contribution in [2.75, 3.05) is 17.6 Å². The first-order chi connectivity index (χ1) is 7.70. The molecular weight excluding hydrogens is 270 g/mol. The summed E-state index contributed by atoms with van der Waals surface area (Å²) in [7, 11) is 0. The highest BCUT2D eigenvalue weighted by Crippen LogP contribution is 2.16. The average molecular weight is 282 g/mol. The molecule has 0 fully saturated rings. The Morgan fingerprint density at radius 3 is 2.69 bits per heavy atom. The predicted molar refractivity (Wildman–Crippen MR) is 67.6 cm³/mol. The highest BCUT2D eigenvalue weighted by atomic mass is 79.9. The number of nitrogens with one attached hydrogen (secondary N) is 1. The molecule has 0 unspecified atom stereocenters. The molecule has 0 aliphatic heterocycles. The Balaban J connectivity index is 2.36. The van der Waals surface area contributed by atoms with E-state index in [1.807, 2.05) is 31.2 Å². The minimum Gasteiger partial charge on any atom is -0.368 e. The molecule has 2 rings (SSSR count). The number of nitrogen functional groups attached to an aromatic ring is 1. The minimum absolute atomic E-state index is 0.373. The summed E-state index contributed by atoms with van der Waals surface area (Å²) in [6.07, 6.45) is 0. The van der Waals surface area contributed by atoms with Crippen LogP contribution in [0.1, 0.15) is 6.92 Å². The molecule has 0 atom stereocenters. The molecule has 0 amide bonds. The predicted octanol–water partition coefficient (Wildman–Crippen LogP) is 2.04. The molecule has 1 heterocycles. The fourth-order valence-corrected chi connectivity index (χ4v) is 1.59. The van der Waals surface area contributed by atoms with E-state index >= 15 is 0 Å². The number of nitrogens with two attached hydrogens (primary N) is 1. The van der Waals surface area contributed by atoms with Crippen LogP contribution in [-0.2, 0) is 0 Å². The quantitative estimate of drug-likeness (QED) is 0.904. The Hall–Kier alpha value is -1.56. The number of hydrogen-bond donors (Lipinski definition) is 2. The van der Waals surface area contributed by atoms with E-state index in [0.29, 0.717) is 11.9 Å². The van der Waals surface area contributed by atoms with Gasteiger partial charge < -0.3 is 11.1 Å². The molecule has 6 heteroatoms. The van der Waals surface area contributed by atoms with E-state index in [1.54, 1.807) is 4.68 Å². The first-order valence-corrected chi connectivity index (χ1v) is 5.72. The van der Waals surface area contributed by atoms with Crippen molar-refractivity contribution in [2.24, 2.45) is 0 Å². The number of benzene rings is 1. The number of nitrogens with zero attached hydrogens (tertiary/aromatic N) is 3. The lowest BCUT2D eigenvalue weighted by atomic mass is 10.3. The Kier molecular flexibility index (Phi) is 3.09. The van der Waals surface area contributed by atoms with Gasteiger partial charge in [-0.15, -0.1) is 5.10 Å². The molecule has 1 aromatic carbocycles. The first kappa shape index (κ1) is 10.9. The van der Waals surface area contributed by atoms with Gasteiger partial charge in [0.05, 0.1) is 5.69 Å². The molecule has 5 nitrogen and oxygen atoms in total. The van der Waals surface area contributed by atoms with E-state index < -0.39 is 0 Å².